The lowest BCUT2D eigenvalue weighted by atomic mass is 10.2. The third kappa shape index (κ3) is 5.27. The number of amides is 1. The van der Waals surface area contributed by atoms with Gasteiger partial charge in [-0.05, 0) is 19.8 Å². The Kier molecular flexibility index (Phi) is 7.88. The van der Waals surface area contributed by atoms with E-state index in [1.807, 2.05) is 18.0 Å². The van der Waals surface area contributed by atoms with Gasteiger partial charge in [-0.15, -0.1) is 35.3 Å². The lowest BCUT2D eigenvalue weighted by molar-refractivity contribution is -0.142. The molecular formula is C16H26IN5O2S. The predicted octanol–water partition coefficient (Wildman–Crippen LogP) is 1.47. The smallest absolute Gasteiger partial charge is 0.251 e. The number of aryl methyl sites for hydroxylation is 1. The molecule has 9 heteroatoms. The zero-order valence-corrected chi connectivity index (χ0v) is 17.9. The highest BCUT2D eigenvalue weighted by molar-refractivity contribution is 14.0. The van der Waals surface area contributed by atoms with Crippen LogP contribution in [-0.4, -0.2) is 72.6 Å². The fourth-order valence-electron chi connectivity index (χ4n) is 3.10. The van der Waals surface area contributed by atoms with Crippen molar-refractivity contribution in [1.29, 1.82) is 0 Å². The first-order valence-corrected chi connectivity index (χ1v) is 9.26. The Morgan fingerprint density at radius 3 is 2.68 bits per heavy atom. The average molecular weight is 479 g/mol. The van der Waals surface area contributed by atoms with Crippen molar-refractivity contribution in [2.24, 2.45) is 4.99 Å². The number of nitrogens with zero attached hydrogens (tertiary/aromatic N) is 4. The van der Waals surface area contributed by atoms with E-state index in [1.165, 1.54) is 4.88 Å². The summed E-state index contributed by atoms with van der Waals surface area (Å²) in [7, 11) is 1.80. The van der Waals surface area contributed by atoms with Gasteiger partial charge in [-0.1, -0.05) is 0 Å². The lowest BCUT2D eigenvalue weighted by Crippen LogP contribution is -2.55. The zero-order valence-electron chi connectivity index (χ0n) is 14.7. The predicted molar refractivity (Wildman–Crippen MR) is 110 cm³/mol. The first-order chi connectivity index (χ1) is 11.7. The molecule has 7 nitrogen and oxygen atoms in total. The van der Waals surface area contributed by atoms with Gasteiger partial charge in [0.05, 0.1) is 11.6 Å². The van der Waals surface area contributed by atoms with Crippen molar-refractivity contribution >= 4 is 47.2 Å². The van der Waals surface area contributed by atoms with Crippen molar-refractivity contribution in [3.05, 3.63) is 16.1 Å². The second kappa shape index (κ2) is 9.67. The Hall–Kier alpha value is -0.940. The number of aromatic nitrogens is 1. The molecule has 1 aromatic rings. The van der Waals surface area contributed by atoms with Gasteiger partial charge in [0.2, 0.25) is 0 Å². The van der Waals surface area contributed by atoms with Crippen LogP contribution in [-0.2, 0) is 16.1 Å². The monoisotopic (exact) mass is 479 g/mol. The molecular weight excluding hydrogens is 453 g/mol. The summed E-state index contributed by atoms with van der Waals surface area (Å²) in [6.07, 6.45) is 3.53. The van der Waals surface area contributed by atoms with E-state index < -0.39 is 0 Å². The van der Waals surface area contributed by atoms with E-state index in [0.29, 0.717) is 6.61 Å². The molecule has 2 saturated heterocycles. The Labute approximate surface area is 169 Å². The second-order valence-corrected chi connectivity index (χ2v) is 7.38. The summed E-state index contributed by atoms with van der Waals surface area (Å²) in [5.41, 5.74) is 0. The standard InChI is InChI=1S/C16H25N5O2S.HI/c1-12-18-10-13(24-12)11-19-16(17-2)21-7-5-20(6-8-21)15(22)14-4-3-9-23-14;/h10,14H,3-9,11H2,1-2H3,(H,17,19);1H. The number of hydrogen-bond donors (Lipinski definition) is 1. The first-order valence-electron chi connectivity index (χ1n) is 8.44. The third-order valence-electron chi connectivity index (χ3n) is 4.40. The van der Waals surface area contributed by atoms with E-state index in [0.717, 1.165) is 56.5 Å². The molecule has 2 fully saturated rings. The minimum absolute atomic E-state index is 0. The van der Waals surface area contributed by atoms with E-state index >= 15 is 0 Å². The third-order valence-corrected chi connectivity index (χ3v) is 5.31. The van der Waals surface area contributed by atoms with Crippen molar-refractivity contribution < 1.29 is 9.53 Å². The topological polar surface area (TPSA) is 70.1 Å². The molecule has 140 valence electrons. The number of ether oxygens (including phenoxy) is 1. The van der Waals surface area contributed by atoms with E-state index in [1.54, 1.807) is 18.4 Å². The maximum absolute atomic E-state index is 12.4. The van der Waals surface area contributed by atoms with Crippen molar-refractivity contribution in [2.75, 3.05) is 39.8 Å². The molecule has 0 spiro atoms. The molecule has 0 saturated carbocycles. The molecule has 2 aliphatic rings. The number of rotatable bonds is 3. The molecule has 0 radical (unpaired) electrons. The van der Waals surface area contributed by atoms with Crippen LogP contribution in [0.3, 0.4) is 0 Å². The molecule has 0 aromatic carbocycles. The number of halogens is 1. The minimum atomic E-state index is -0.219. The van der Waals surface area contributed by atoms with Crippen LogP contribution < -0.4 is 5.32 Å². The van der Waals surface area contributed by atoms with Gasteiger partial charge in [-0.25, -0.2) is 4.98 Å². The van der Waals surface area contributed by atoms with E-state index in [9.17, 15) is 4.79 Å². The van der Waals surface area contributed by atoms with Gasteiger partial charge in [0.15, 0.2) is 5.96 Å². The van der Waals surface area contributed by atoms with Crippen molar-refractivity contribution in [2.45, 2.75) is 32.4 Å². The van der Waals surface area contributed by atoms with Crippen LogP contribution in [0.15, 0.2) is 11.2 Å². The van der Waals surface area contributed by atoms with E-state index in [-0.39, 0.29) is 36.0 Å². The molecule has 1 unspecified atom stereocenters. The summed E-state index contributed by atoms with van der Waals surface area (Å²) in [5.74, 6) is 1.03. The summed E-state index contributed by atoms with van der Waals surface area (Å²) in [6.45, 7) is 6.47. The quantitative estimate of drug-likeness (QED) is 0.404. The van der Waals surface area contributed by atoms with Crippen LogP contribution in [0.25, 0.3) is 0 Å². The highest BCUT2D eigenvalue weighted by Gasteiger charge is 2.30. The van der Waals surface area contributed by atoms with Gasteiger partial charge >= 0.3 is 0 Å². The minimum Gasteiger partial charge on any atom is -0.368 e. The maximum Gasteiger partial charge on any atom is 0.251 e. The summed E-state index contributed by atoms with van der Waals surface area (Å²) in [4.78, 5) is 26.3. The van der Waals surface area contributed by atoms with Crippen LogP contribution in [0, 0.1) is 6.92 Å². The lowest BCUT2D eigenvalue weighted by Gasteiger charge is -2.37. The normalized spacial score (nSPS) is 21.2. The molecule has 3 heterocycles. The molecule has 1 atom stereocenters. The van der Waals surface area contributed by atoms with Gasteiger partial charge in [0, 0.05) is 50.9 Å². The Bertz CT molecular complexity index is 595. The molecule has 1 N–H and O–H groups in total. The summed E-state index contributed by atoms with van der Waals surface area (Å²) < 4.78 is 5.51. The van der Waals surface area contributed by atoms with Crippen molar-refractivity contribution in [3.63, 3.8) is 0 Å². The van der Waals surface area contributed by atoms with Gasteiger partial charge in [-0.3, -0.25) is 9.79 Å². The maximum atomic E-state index is 12.4. The average Bonchev–Trinajstić information content (AvgIpc) is 3.27. The number of thiazole rings is 1. The molecule has 3 rings (SSSR count). The Morgan fingerprint density at radius 1 is 1.40 bits per heavy atom. The SMILES string of the molecule is CN=C(NCc1cnc(C)s1)N1CCN(C(=O)C2CCCO2)CC1.I. The largest absolute Gasteiger partial charge is 0.368 e. The number of carbonyl (C=O) groups excluding carboxylic acids is 1. The number of piperazine rings is 1. The van der Waals surface area contributed by atoms with Gasteiger partial charge in [-0.2, -0.15) is 0 Å². The second-order valence-electron chi connectivity index (χ2n) is 6.06. The first kappa shape index (κ1) is 20.4. The number of nitrogens with one attached hydrogen (secondary N) is 1. The highest BCUT2D eigenvalue weighted by atomic mass is 127. The van der Waals surface area contributed by atoms with Gasteiger partial charge in [0.25, 0.3) is 5.91 Å². The number of aliphatic imine (C=N–C) groups is 1. The van der Waals surface area contributed by atoms with Crippen LogP contribution in [0.4, 0.5) is 0 Å². The van der Waals surface area contributed by atoms with Crippen LogP contribution in [0.1, 0.15) is 22.7 Å². The number of guanidine groups is 1. The summed E-state index contributed by atoms with van der Waals surface area (Å²) in [5, 5.41) is 4.46. The van der Waals surface area contributed by atoms with Crippen LogP contribution in [0.2, 0.25) is 0 Å². The Morgan fingerprint density at radius 2 is 2.12 bits per heavy atom. The zero-order chi connectivity index (χ0) is 16.9. The van der Waals surface area contributed by atoms with Crippen molar-refractivity contribution in [1.82, 2.24) is 20.1 Å². The van der Waals surface area contributed by atoms with Crippen LogP contribution in [0.5, 0.6) is 0 Å². The summed E-state index contributed by atoms with van der Waals surface area (Å²) in [6, 6.07) is 0. The van der Waals surface area contributed by atoms with Gasteiger partial charge in [0.1, 0.15) is 6.10 Å². The van der Waals surface area contributed by atoms with Gasteiger partial charge < -0.3 is 19.9 Å². The molecule has 1 amide bonds. The van der Waals surface area contributed by atoms with E-state index in [2.05, 4.69) is 20.2 Å². The van der Waals surface area contributed by atoms with Crippen LogP contribution >= 0.6 is 35.3 Å². The fourth-order valence-corrected chi connectivity index (χ4v) is 3.83. The fraction of sp³-hybridized carbons (Fsp3) is 0.688. The highest BCUT2D eigenvalue weighted by Crippen LogP contribution is 2.16. The molecule has 0 bridgehead atoms. The Balaban J connectivity index is 0.00000225. The number of carbonyl (C=O) groups is 1. The van der Waals surface area contributed by atoms with Crippen molar-refractivity contribution in [3.8, 4) is 0 Å². The van der Waals surface area contributed by atoms with E-state index in [4.69, 9.17) is 4.74 Å². The number of hydrogen-bond acceptors (Lipinski definition) is 5. The summed E-state index contributed by atoms with van der Waals surface area (Å²) >= 11 is 1.69. The molecule has 1 aromatic heterocycles. The molecule has 25 heavy (non-hydrogen) atoms. The molecule has 2 aliphatic heterocycles. The molecule has 0 aliphatic carbocycles.